The summed E-state index contributed by atoms with van der Waals surface area (Å²) in [6.07, 6.45) is 2.64. The summed E-state index contributed by atoms with van der Waals surface area (Å²) in [6.45, 7) is 7.42. The zero-order valence-electron chi connectivity index (χ0n) is 11.2. The first-order valence-corrected chi connectivity index (χ1v) is 6.32. The second kappa shape index (κ2) is 8.39. The summed E-state index contributed by atoms with van der Waals surface area (Å²) in [4.78, 5) is 10.6. The molecule has 19 heavy (non-hydrogen) atoms. The molecule has 0 radical (unpaired) electrons. The van der Waals surface area contributed by atoms with E-state index >= 15 is 0 Å². The zero-order valence-corrected chi connectivity index (χ0v) is 11.2. The summed E-state index contributed by atoms with van der Waals surface area (Å²) in [5.41, 5.74) is 0.841. The van der Waals surface area contributed by atoms with Crippen LogP contribution in [-0.2, 0) is 4.74 Å². The van der Waals surface area contributed by atoms with Crippen molar-refractivity contribution in [3.63, 3.8) is 0 Å². The molecular formula is C14H20N2O3. The molecule has 5 heteroatoms. The molecule has 104 valence electrons. The van der Waals surface area contributed by atoms with Gasteiger partial charge in [-0.3, -0.25) is 10.1 Å². The molecular weight excluding hydrogens is 244 g/mol. The minimum atomic E-state index is -0.353. The monoisotopic (exact) mass is 264 g/mol. The van der Waals surface area contributed by atoms with Gasteiger partial charge in [0.1, 0.15) is 0 Å². The minimum Gasteiger partial charge on any atom is -0.380 e. The minimum absolute atomic E-state index is 0.0791. The van der Waals surface area contributed by atoms with Crippen molar-refractivity contribution in [1.82, 2.24) is 5.32 Å². The Morgan fingerprint density at radius 1 is 1.47 bits per heavy atom. The molecule has 1 aromatic rings. The number of nitrogens with one attached hydrogen (secondary N) is 1. The average Bonchev–Trinajstić information content (AvgIpc) is 2.42. The zero-order chi connectivity index (χ0) is 14.1. The van der Waals surface area contributed by atoms with Crippen LogP contribution in [0.2, 0.25) is 0 Å². The van der Waals surface area contributed by atoms with Crippen molar-refractivity contribution in [2.75, 3.05) is 19.8 Å². The van der Waals surface area contributed by atoms with Gasteiger partial charge in [0.25, 0.3) is 5.69 Å². The van der Waals surface area contributed by atoms with Crippen LogP contribution in [-0.4, -0.2) is 24.7 Å². The molecule has 0 aliphatic carbocycles. The van der Waals surface area contributed by atoms with Crippen molar-refractivity contribution >= 4 is 5.69 Å². The predicted molar refractivity (Wildman–Crippen MR) is 75.1 cm³/mol. The molecule has 1 rings (SSSR count). The lowest BCUT2D eigenvalue weighted by Gasteiger charge is -2.14. The molecule has 0 saturated carbocycles. The predicted octanol–water partition coefficient (Wildman–Crippen LogP) is 2.84. The van der Waals surface area contributed by atoms with Crippen molar-refractivity contribution in [2.45, 2.75) is 19.4 Å². The van der Waals surface area contributed by atoms with Crippen molar-refractivity contribution in [3.8, 4) is 0 Å². The van der Waals surface area contributed by atoms with E-state index in [2.05, 4.69) is 11.9 Å². The van der Waals surface area contributed by atoms with Crippen LogP contribution in [0.4, 0.5) is 5.69 Å². The van der Waals surface area contributed by atoms with Gasteiger partial charge in [-0.15, -0.1) is 6.58 Å². The van der Waals surface area contributed by atoms with Crippen LogP contribution in [0.15, 0.2) is 36.9 Å². The van der Waals surface area contributed by atoms with Gasteiger partial charge in [-0.05, 0) is 13.3 Å². The Hall–Kier alpha value is -1.72. The van der Waals surface area contributed by atoms with E-state index in [0.717, 1.165) is 6.42 Å². The van der Waals surface area contributed by atoms with Crippen LogP contribution in [0.3, 0.4) is 0 Å². The first kappa shape index (κ1) is 15.3. The first-order valence-electron chi connectivity index (χ1n) is 6.32. The second-order valence-corrected chi connectivity index (χ2v) is 4.18. The normalized spacial score (nSPS) is 12.1. The van der Waals surface area contributed by atoms with Gasteiger partial charge in [0.05, 0.1) is 18.1 Å². The summed E-state index contributed by atoms with van der Waals surface area (Å²) < 4.78 is 5.37. The van der Waals surface area contributed by atoms with Gasteiger partial charge in [0.2, 0.25) is 0 Å². The molecule has 0 aliphatic rings. The second-order valence-electron chi connectivity index (χ2n) is 4.18. The van der Waals surface area contributed by atoms with Crippen LogP contribution >= 0.6 is 0 Å². The molecule has 0 amide bonds. The van der Waals surface area contributed by atoms with E-state index in [1.165, 1.54) is 6.07 Å². The lowest BCUT2D eigenvalue weighted by molar-refractivity contribution is -0.385. The lowest BCUT2D eigenvalue weighted by Crippen LogP contribution is -2.24. The molecule has 1 unspecified atom stereocenters. The fourth-order valence-electron chi connectivity index (χ4n) is 1.75. The highest BCUT2D eigenvalue weighted by atomic mass is 16.6. The summed E-state index contributed by atoms with van der Waals surface area (Å²) in [5, 5.41) is 14.1. The van der Waals surface area contributed by atoms with E-state index < -0.39 is 0 Å². The Bertz CT molecular complexity index is 421. The van der Waals surface area contributed by atoms with Gasteiger partial charge in [-0.25, -0.2) is 0 Å². The van der Waals surface area contributed by atoms with E-state index in [9.17, 15) is 10.1 Å². The third-order valence-electron chi connectivity index (χ3n) is 2.76. The molecule has 0 aliphatic heterocycles. The average molecular weight is 264 g/mol. The Balaban J connectivity index is 2.43. The van der Waals surface area contributed by atoms with Gasteiger partial charge in [-0.2, -0.15) is 0 Å². The number of nitro groups is 1. The fourth-order valence-corrected chi connectivity index (χ4v) is 1.75. The quantitative estimate of drug-likeness (QED) is 0.322. The number of nitrogens with zero attached hydrogens (tertiary/aromatic N) is 1. The third-order valence-corrected chi connectivity index (χ3v) is 2.76. The van der Waals surface area contributed by atoms with Crippen molar-refractivity contribution in [2.24, 2.45) is 0 Å². The fraction of sp³-hybridized carbons (Fsp3) is 0.429. The van der Waals surface area contributed by atoms with Crippen molar-refractivity contribution < 1.29 is 9.66 Å². The highest BCUT2D eigenvalue weighted by Crippen LogP contribution is 2.23. The number of para-hydroxylation sites is 1. The maximum absolute atomic E-state index is 10.9. The first-order chi connectivity index (χ1) is 9.16. The van der Waals surface area contributed by atoms with Crippen molar-refractivity contribution in [1.29, 1.82) is 0 Å². The summed E-state index contributed by atoms with van der Waals surface area (Å²) >= 11 is 0. The molecule has 0 spiro atoms. The topological polar surface area (TPSA) is 64.4 Å². The number of nitro benzene ring substituents is 1. The number of benzene rings is 1. The molecule has 5 nitrogen and oxygen atoms in total. The number of hydrogen-bond acceptors (Lipinski definition) is 4. The van der Waals surface area contributed by atoms with E-state index in [1.54, 1.807) is 18.2 Å². The summed E-state index contributed by atoms with van der Waals surface area (Å²) in [7, 11) is 0. The Kier molecular flexibility index (Phi) is 6.78. The highest BCUT2D eigenvalue weighted by molar-refractivity contribution is 5.41. The Labute approximate surface area is 113 Å². The van der Waals surface area contributed by atoms with Gasteiger partial charge < -0.3 is 10.1 Å². The molecule has 0 fully saturated rings. The number of hydrogen-bond donors (Lipinski definition) is 1. The summed E-state index contributed by atoms with van der Waals surface area (Å²) in [5.74, 6) is 0. The van der Waals surface area contributed by atoms with Gasteiger partial charge in [0, 0.05) is 24.2 Å². The SMILES string of the molecule is C=CCCOCCNC(C)c1ccccc1[N+](=O)[O-]. The number of rotatable bonds is 9. The molecule has 0 saturated heterocycles. The van der Waals surface area contributed by atoms with Crippen molar-refractivity contribution in [3.05, 3.63) is 52.6 Å². The summed E-state index contributed by atoms with van der Waals surface area (Å²) in [6, 6.07) is 6.70. The molecule has 0 heterocycles. The molecule has 1 N–H and O–H groups in total. The molecule has 0 bridgehead atoms. The van der Waals surface area contributed by atoms with E-state index in [0.29, 0.717) is 25.3 Å². The Morgan fingerprint density at radius 3 is 2.89 bits per heavy atom. The number of ether oxygens (including phenoxy) is 1. The standard InChI is InChI=1S/C14H20N2O3/c1-3-4-10-19-11-9-15-12(2)13-7-5-6-8-14(13)16(17)18/h3,5-8,12,15H,1,4,9-11H2,2H3. The Morgan fingerprint density at radius 2 is 2.21 bits per heavy atom. The van der Waals surface area contributed by atoms with Gasteiger partial charge >= 0.3 is 0 Å². The van der Waals surface area contributed by atoms with E-state index in [1.807, 2.05) is 13.0 Å². The maximum atomic E-state index is 10.9. The van der Waals surface area contributed by atoms with Crippen LogP contribution in [0.25, 0.3) is 0 Å². The highest BCUT2D eigenvalue weighted by Gasteiger charge is 2.17. The van der Waals surface area contributed by atoms with Gasteiger partial charge in [-0.1, -0.05) is 24.3 Å². The largest absolute Gasteiger partial charge is 0.380 e. The van der Waals surface area contributed by atoms with Crippen LogP contribution < -0.4 is 5.32 Å². The van der Waals surface area contributed by atoms with Crippen LogP contribution in [0.1, 0.15) is 24.9 Å². The smallest absolute Gasteiger partial charge is 0.274 e. The maximum Gasteiger partial charge on any atom is 0.274 e. The van der Waals surface area contributed by atoms with Crippen LogP contribution in [0.5, 0.6) is 0 Å². The molecule has 0 aromatic heterocycles. The lowest BCUT2D eigenvalue weighted by atomic mass is 10.1. The van der Waals surface area contributed by atoms with Gasteiger partial charge in [0.15, 0.2) is 0 Å². The molecule has 1 aromatic carbocycles. The van der Waals surface area contributed by atoms with Crippen LogP contribution in [0, 0.1) is 10.1 Å². The van der Waals surface area contributed by atoms with E-state index in [4.69, 9.17) is 4.74 Å². The third kappa shape index (κ3) is 5.19. The molecule has 1 atom stereocenters. The van der Waals surface area contributed by atoms with E-state index in [-0.39, 0.29) is 16.7 Å².